The fraction of sp³-hybridized carbons (Fsp3) is 0.167. The molecule has 352 valence electrons. The van der Waals surface area contributed by atoms with E-state index in [9.17, 15) is 27.6 Å². The zero-order valence-corrected chi connectivity index (χ0v) is 38.8. The third-order valence-corrected chi connectivity index (χ3v) is 11.7. The largest absolute Gasteiger partial charge is 0.416 e. The molecule has 3 aromatic carbocycles. The summed E-state index contributed by atoms with van der Waals surface area (Å²) in [5.74, 6) is 0.864. The van der Waals surface area contributed by atoms with E-state index in [1.54, 1.807) is 49.9 Å². The molecule has 8 bridgehead atoms. The van der Waals surface area contributed by atoms with Crippen molar-refractivity contribution in [1.29, 1.82) is 0 Å². The Morgan fingerprint density at radius 2 is 1.41 bits per heavy atom. The standard InChI is InChI=1S/C28H23F3N4O2.C26H24N6O/c1-3-26(36)35-25-14-19(10-11-32-25)18-6-4-7-20(12-18)24-15-23(16-33-17(24)2)34-27(37)21-8-5-9-22(13-21)28(29,30)31;1-15-4-5-20-14-21(15)25-29-11-8-22(32-25)18-6-10-28-24(13-18)30-17(3)16(2)23-12-19(7-9-27-23)26(33)31-20/h4-16H,3H2,1-2H3,(H,34,37)(H,32,35,36);4-14,16-17H,1-3H3,(H,28,30)(H,31,33). The average molecular weight is 941 g/mol. The highest BCUT2D eigenvalue weighted by Gasteiger charge is 2.31. The summed E-state index contributed by atoms with van der Waals surface area (Å²) in [4.78, 5) is 64.3. The highest BCUT2D eigenvalue weighted by Crippen LogP contribution is 2.33. The Kier molecular flexibility index (Phi) is 14.1. The summed E-state index contributed by atoms with van der Waals surface area (Å²) in [5, 5.41) is 11.9. The first-order valence-electron chi connectivity index (χ1n) is 22.4. The first-order chi connectivity index (χ1) is 33.6. The number of aryl methyl sites for hydroxylation is 2. The molecule has 1 aliphatic rings. The van der Waals surface area contributed by atoms with Crippen molar-refractivity contribution in [3.05, 3.63) is 180 Å². The monoisotopic (exact) mass is 940 g/mol. The van der Waals surface area contributed by atoms with Crippen LogP contribution in [0.25, 0.3) is 44.9 Å². The number of alkyl halides is 3. The second kappa shape index (κ2) is 20.7. The van der Waals surface area contributed by atoms with E-state index in [0.717, 1.165) is 68.3 Å². The van der Waals surface area contributed by atoms with Gasteiger partial charge >= 0.3 is 6.18 Å². The Morgan fingerprint density at radius 3 is 2.23 bits per heavy atom. The van der Waals surface area contributed by atoms with E-state index >= 15 is 0 Å². The summed E-state index contributed by atoms with van der Waals surface area (Å²) in [6.45, 7) is 9.76. The van der Waals surface area contributed by atoms with E-state index in [2.05, 4.69) is 60.0 Å². The van der Waals surface area contributed by atoms with Crippen molar-refractivity contribution < 1.29 is 27.6 Å². The van der Waals surface area contributed by atoms with Crippen LogP contribution in [0.3, 0.4) is 0 Å². The SMILES string of the molecule is CCC(=O)Nc1cc(-c2cccc(-c3cc(NC(=O)c4cccc(C(F)(F)F)c4)cnc3C)c2)ccn1.Cc1ccc2cc1-c1nccc(n1)-c1ccnc(c1)NC(C)C(C)c1cc(ccn1)C(=O)N2. The molecule has 2 unspecified atom stereocenters. The van der Waals surface area contributed by atoms with Gasteiger partial charge in [0, 0.05) is 88.1 Å². The minimum Gasteiger partial charge on any atom is -0.367 e. The highest BCUT2D eigenvalue weighted by atomic mass is 19.4. The number of anilines is 4. The number of benzene rings is 3. The molecule has 2 atom stereocenters. The lowest BCUT2D eigenvalue weighted by atomic mass is 9.97. The van der Waals surface area contributed by atoms with Crippen LogP contribution in [0.2, 0.25) is 0 Å². The van der Waals surface area contributed by atoms with Gasteiger partial charge in [0.2, 0.25) is 5.91 Å². The molecule has 16 heteroatoms. The van der Waals surface area contributed by atoms with Crippen LogP contribution in [0.5, 0.6) is 0 Å². The zero-order valence-electron chi connectivity index (χ0n) is 38.8. The molecule has 0 saturated carbocycles. The van der Waals surface area contributed by atoms with Crippen molar-refractivity contribution >= 4 is 40.7 Å². The van der Waals surface area contributed by atoms with Gasteiger partial charge in [-0.1, -0.05) is 44.2 Å². The molecule has 9 rings (SSSR count). The lowest BCUT2D eigenvalue weighted by molar-refractivity contribution is -0.137. The molecule has 4 N–H and O–H groups in total. The summed E-state index contributed by atoms with van der Waals surface area (Å²) in [6.07, 6.45) is 4.08. The number of nitrogens with one attached hydrogen (secondary N) is 4. The van der Waals surface area contributed by atoms with Crippen LogP contribution in [0.15, 0.2) is 146 Å². The van der Waals surface area contributed by atoms with Gasteiger partial charge in [0.25, 0.3) is 11.8 Å². The molecule has 6 heterocycles. The van der Waals surface area contributed by atoms with E-state index < -0.39 is 17.6 Å². The summed E-state index contributed by atoms with van der Waals surface area (Å²) in [6, 6.07) is 32.4. The molecule has 5 aromatic heterocycles. The Hall–Kier alpha value is -8.66. The highest BCUT2D eigenvalue weighted by molar-refractivity contribution is 6.05. The van der Waals surface area contributed by atoms with Gasteiger partial charge in [0.15, 0.2) is 5.82 Å². The molecule has 0 aliphatic carbocycles. The maximum atomic E-state index is 13.0. The Balaban J connectivity index is 0.000000189. The van der Waals surface area contributed by atoms with Crippen molar-refractivity contribution in [2.45, 2.75) is 59.2 Å². The maximum absolute atomic E-state index is 13.0. The molecule has 0 fully saturated rings. The summed E-state index contributed by atoms with van der Waals surface area (Å²) in [5.41, 5.74) is 9.08. The molecule has 0 radical (unpaired) electrons. The number of pyridine rings is 4. The molecule has 3 amide bonds. The summed E-state index contributed by atoms with van der Waals surface area (Å²) < 4.78 is 39.1. The second-order valence-electron chi connectivity index (χ2n) is 16.7. The minimum atomic E-state index is -4.54. The normalized spacial score (nSPS) is 14.1. The molecule has 13 nitrogen and oxygen atoms in total. The van der Waals surface area contributed by atoms with E-state index in [-0.39, 0.29) is 29.3 Å². The molecule has 0 spiro atoms. The van der Waals surface area contributed by atoms with E-state index in [4.69, 9.17) is 4.98 Å². The fourth-order valence-corrected chi connectivity index (χ4v) is 7.62. The van der Waals surface area contributed by atoms with Gasteiger partial charge in [-0.3, -0.25) is 24.4 Å². The van der Waals surface area contributed by atoms with Crippen molar-refractivity contribution in [3.63, 3.8) is 0 Å². The quantitative estimate of drug-likeness (QED) is 0.125. The molecule has 0 saturated heterocycles. The van der Waals surface area contributed by atoms with E-state index in [1.165, 1.54) is 18.3 Å². The topological polar surface area (TPSA) is 177 Å². The fourth-order valence-electron chi connectivity index (χ4n) is 7.62. The number of carbonyl (C=O) groups excluding carboxylic acids is 3. The van der Waals surface area contributed by atoms with Gasteiger partial charge < -0.3 is 21.3 Å². The van der Waals surface area contributed by atoms with Crippen molar-refractivity contribution in [1.82, 2.24) is 29.9 Å². The molecular weight excluding hydrogens is 894 g/mol. The average Bonchev–Trinajstić information content (AvgIpc) is 3.37. The van der Waals surface area contributed by atoms with Crippen LogP contribution >= 0.6 is 0 Å². The van der Waals surface area contributed by atoms with Gasteiger partial charge in [-0.15, -0.1) is 0 Å². The van der Waals surface area contributed by atoms with Crippen LogP contribution in [0.1, 0.15) is 76.3 Å². The smallest absolute Gasteiger partial charge is 0.367 e. The third-order valence-electron chi connectivity index (χ3n) is 11.7. The number of hydrogen-bond acceptors (Lipinski definition) is 10. The number of hydrogen-bond donors (Lipinski definition) is 4. The molecule has 1 aliphatic heterocycles. The van der Waals surface area contributed by atoms with Crippen LogP contribution in [-0.2, 0) is 11.0 Å². The number of aromatic nitrogens is 6. The van der Waals surface area contributed by atoms with Crippen LogP contribution in [-0.4, -0.2) is 53.7 Å². The van der Waals surface area contributed by atoms with Crippen molar-refractivity contribution in [2.24, 2.45) is 0 Å². The predicted octanol–water partition coefficient (Wildman–Crippen LogP) is 11.8. The Morgan fingerprint density at radius 1 is 0.686 bits per heavy atom. The summed E-state index contributed by atoms with van der Waals surface area (Å²) in [7, 11) is 0. The van der Waals surface area contributed by atoms with Gasteiger partial charge in [0.05, 0.1) is 23.1 Å². The number of fused-ring (bicyclic) bond motifs is 10. The lowest BCUT2D eigenvalue weighted by Crippen LogP contribution is -2.24. The number of halogens is 3. The molecule has 70 heavy (non-hydrogen) atoms. The first-order valence-corrected chi connectivity index (χ1v) is 22.4. The summed E-state index contributed by atoms with van der Waals surface area (Å²) >= 11 is 0. The first kappa shape index (κ1) is 47.8. The lowest BCUT2D eigenvalue weighted by Gasteiger charge is -2.22. The van der Waals surface area contributed by atoms with Crippen molar-refractivity contribution in [3.8, 4) is 44.9 Å². The van der Waals surface area contributed by atoms with E-state index in [0.29, 0.717) is 40.7 Å². The van der Waals surface area contributed by atoms with Crippen LogP contribution < -0.4 is 21.3 Å². The Labute approximate surface area is 402 Å². The van der Waals surface area contributed by atoms with Gasteiger partial charge in [-0.25, -0.2) is 19.9 Å². The predicted molar refractivity (Wildman–Crippen MR) is 265 cm³/mol. The zero-order chi connectivity index (χ0) is 49.5. The van der Waals surface area contributed by atoms with Gasteiger partial charge in [-0.2, -0.15) is 13.2 Å². The second-order valence-corrected chi connectivity index (χ2v) is 16.7. The number of amides is 3. The van der Waals surface area contributed by atoms with Crippen molar-refractivity contribution in [2.75, 3.05) is 21.3 Å². The maximum Gasteiger partial charge on any atom is 0.416 e. The van der Waals surface area contributed by atoms with E-state index in [1.807, 2.05) is 86.6 Å². The van der Waals surface area contributed by atoms with Crippen LogP contribution in [0, 0.1) is 13.8 Å². The number of nitrogens with zero attached hydrogens (tertiary/aromatic N) is 6. The minimum absolute atomic E-state index is 0.0351. The number of carbonyl (C=O) groups is 3. The van der Waals surface area contributed by atoms with Gasteiger partial charge in [0.1, 0.15) is 11.6 Å². The molecular formula is C54H47F3N10O3. The molecule has 8 aromatic rings. The third kappa shape index (κ3) is 11.4. The van der Waals surface area contributed by atoms with Gasteiger partial charge in [-0.05, 0) is 128 Å². The van der Waals surface area contributed by atoms with Crippen LogP contribution in [0.4, 0.5) is 36.2 Å². The number of rotatable bonds is 6. The Bertz CT molecular complexity index is 3250.